The van der Waals surface area contributed by atoms with E-state index < -0.39 is 12.0 Å². The summed E-state index contributed by atoms with van der Waals surface area (Å²) < 4.78 is 4.83. The molecule has 1 atom stereocenters. The average Bonchev–Trinajstić information content (AvgIpc) is 2.54. The molecule has 21 heavy (non-hydrogen) atoms. The zero-order chi connectivity index (χ0) is 15.2. The highest BCUT2D eigenvalue weighted by atomic mass is 16.5. The Labute approximate surface area is 123 Å². The lowest BCUT2D eigenvalue weighted by atomic mass is 10.1. The minimum Gasteiger partial charge on any atom is -0.467 e. The molecular formula is C16H15N3O2. The number of rotatable bonds is 4. The van der Waals surface area contributed by atoms with Crippen LogP contribution < -0.4 is 11.1 Å². The lowest BCUT2D eigenvalue weighted by Gasteiger charge is -2.19. The van der Waals surface area contributed by atoms with E-state index in [2.05, 4.69) is 5.32 Å². The van der Waals surface area contributed by atoms with E-state index >= 15 is 0 Å². The molecule has 1 unspecified atom stereocenters. The number of nitrogens with zero attached hydrogens (tertiary/aromatic N) is 1. The Balaban J connectivity index is 2.36. The van der Waals surface area contributed by atoms with Gasteiger partial charge in [0.1, 0.15) is 0 Å². The van der Waals surface area contributed by atoms with E-state index in [0.29, 0.717) is 16.9 Å². The molecule has 0 aliphatic carbocycles. The zero-order valence-electron chi connectivity index (χ0n) is 11.5. The number of ether oxygens (including phenoxy) is 1. The highest BCUT2D eigenvalue weighted by Gasteiger charge is 2.21. The normalized spacial score (nSPS) is 11.2. The molecule has 5 nitrogen and oxygen atoms in total. The topological polar surface area (TPSA) is 88.1 Å². The second kappa shape index (κ2) is 6.44. The van der Waals surface area contributed by atoms with Crippen LogP contribution in [0, 0.1) is 11.3 Å². The Morgan fingerprint density at radius 2 is 2.00 bits per heavy atom. The van der Waals surface area contributed by atoms with E-state index in [-0.39, 0.29) is 0 Å². The predicted molar refractivity (Wildman–Crippen MR) is 80.4 cm³/mol. The molecule has 5 heteroatoms. The summed E-state index contributed by atoms with van der Waals surface area (Å²) in [6.07, 6.45) is 0. The minimum atomic E-state index is -0.688. The molecular weight excluding hydrogens is 266 g/mol. The number of nitrogens with two attached hydrogens (primary N) is 1. The highest BCUT2D eigenvalue weighted by Crippen LogP contribution is 2.26. The second-order valence-electron chi connectivity index (χ2n) is 4.43. The quantitative estimate of drug-likeness (QED) is 0.664. The summed E-state index contributed by atoms with van der Waals surface area (Å²) >= 11 is 0. The van der Waals surface area contributed by atoms with Crippen LogP contribution in [0.1, 0.15) is 17.2 Å². The van der Waals surface area contributed by atoms with E-state index in [1.54, 1.807) is 18.2 Å². The van der Waals surface area contributed by atoms with Gasteiger partial charge in [0.25, 0.3) is 0 Å². The molecule has 2 aromatic rings. The third-order valence-electron chi connectivity index (χ3n) is 3.05. The maximum Gasteiger partial charge on any atom is 0.332 e. The van der Waals surface area contributed by atoms with Crippen LogP contribution in [0.25, 0.3) is 0 Å². The number of esters is 1. The van der Waals surface area contributed by atoms with Gasteiger partial charge < -0.3 is 15.8 Å². The van der Waals surface area contributed by atoms with Gasteiger partial charge in [0.2, 0.25) is 0 Å². The van der Waals surface area contributed by atoms with Crippen molar-refractivity contribution >= 4 is 17.3 Å². The number of carbonyl (C=O) groups is 1. The van der Waals surface area contributed by atoms with Crippen molar-refractivity contribution in [2.24, 2.45) is 0 Å². The van der Waals surface area contributed by atoms with Crippen molar-refractivity contribution in [3.8, 4) is 6.07 Å². The Kier molecular flexibility index (Phi) is 4.42. The van der Waals surface area contributed by atoms with Crippen LogP contribution in [0.2, 0.25) is 0 Å². The number of nitriles is 1. The number of anilines is 2. The Morgan fingerprint density at radius 1 is 1.29 bits per heavy atom. The maximum absolute atomic E-state index is 12.0. The fourth-order valence-electron chi connectivity index (χ4n) is 1.95. The number of nitrogen functional groups attached to an aromatic ring is 1. The summed E-state index contributed by atoms with van der Waals surface area (Å²) in [6, 6.07) is 15.4. The van der Waals surface area contributed by atoms with Crippen LogP contribution in [0.15, 0.2) is 48.5 Å². The summed E-state index contributed by atoms with van der Waals surface area (Å²) in [6.45, 7) is 0. The van der Waals surface area contributed by atoms with Crippen LogP contribution >= 0.6 is 0 Å². The molecule has 106 valence electrons. The lowest BCUT2D eigenvalue weighted by molar-refractivity contribution is -0.141. The van der Waals surface area contributed by atoms with E-state index in [0.717, 1.165) is 5.56 Å². The lowest BCUT2D eigenvalue weighted by Crippen LogP contribution is -2.22. The fraction of sp³-hybridized carbons (Fsp3) is 0.125. The number of nitrogens with one attached hydrogen (secondary N) is 1. The van der Waals surface area contributed by atoms with Crippen LogP contribution in [0.4, 0.5) is 11.4 Å². The van der Waals surface area contributed by atoms with Gasteiger partial charge >= 0.3 is 5.97 Å². The Hall–Kier alpha value is -3.00. The largest absolute Gasteiger partial charge is 0.467 e. The van der Waals surface area contributed by atoms with E-state index in [1.807, 2.05) is 36.4 Å². The van der Waals surface area contributed by atoms with E-state index in [9.17, 15) is 4.79 Å². The molecule has 2 aromatic carbocycles. The monoisotopic (exact) mass is 281 g/mol. The number of methoxy groups -OCH3 is 1. The predicted octanol–water partition coefficient (Wildman–Crippen LogP) is 2.47. The molecule has 0 saturated carbocycles. The van der Waals surface area contributed by atoms with Crippen molar-refractivity contribution in [1.82, 2.24) is 0 Å². The molecule has 2 rings (SSSR count). The third-order valence-corrected chi connectivity index (χ3v) is 3.05. The van der Waals surface area contributed by atoms with Crippen molar-refractivity contribution in [1.29, 1.82) is 5.26 Å². The van der Waals surface area contributed by atoms with Crippen molar-refractivity contribution in [2.75, 3.05) is 18.2 Å². The van der Waals surface area contributed by atoms with Gasteiger partial charge in [-0.25, -0.2) is 4.79 Å². The summed E-state index contributed by atoms with van der Waals surface area (Å²) in [5.74, 6) is -0.428. The second-order valence-corrected chi connectivity index (χ2v) is 4.43. The molecule has 0 amide bonds. The van der Waals surface area contributed by atoms with Crippen molar-refractivity contribution < 1.29 is 9.53 Å². The number of benzene rings is 2. The standard InChI is InChI=1S/C16H15N3O2/c1-21-16(20)15(12-5-3-2-4-6-12)19-14-9-11(10-17)7-8-13(14)18/h2-9,15,19H,18H2,1H3. The van der Waals surface area contributed by atoms with Gasteiger partial charge in [-0.2, -0.15) is 5.26 Å². The molecule has 0 heterocycles. The number of hydrogen-bond donors (Lipinski definition) is 2. The average molecular weight is 281 g/mol. The van der Waals surface area contributed by atoms with Crippen molar-refractivity contribution in [3.05, 3.63) is 59.7 Å². The van der Waals surface area contributed by atoms with Gasteiger partial charge in [-0.05, 0) is 23.8 Å². The first-order valence-corrected chi connectivity index (χ1v) is 6.34. The first kappa shape index (κ1) is 14.4. The molecule has 0 aliphatic rings. The van der Waals surface area contributed by atoms with Gasteiger partial charge in [-0.3, -0.25) is 0 Å². The molecule has 0 spiro atoms. The maximum atomic E-state index is 12.0. The van der Waals surface area contributed by atoms with Gasteiger partial charge in [-0.1, -0.05) is 30.3 Å². The van der Waals surface area contributed by atoms with Gasteiger partial charge in [-0.15, -0.1) is 0 Å². The van der Waals surface area contributed by atoms with E-state index in [4.69, 9.17) is 15.7 Å². The SMILES string of the molecule is COC(=O)C(Nc1cc(C#N)ccc1N)c1ccccc1. The van der Waals surface area contributed by atoms with Gasteiger partial charge in [0, 0.05) is 0 Å². The Bertz CT molecular complexity index is 678. The minimum absolute atomic E-state index is 0.428. The summed E-state index contributed by atoms with van der Waals surface area (Å²) in [5.41, 5.74) is 8.08. The smallest absolute Gasteiger partial charge is 0.332 e. The van der Waals surface area contributed by atoms with Crippen LogP contribution in [0.3, 0.4) is 0 Å². The molecule has 0 saturated heterocycles. The molecule has 0 radical (unpaired) electrons. The van der Waals surface area contributed by atoms with Crippen LogP contribution in [0.5, 0.6) is 0 Å². The number of carbonyl (C=O) groups excluding carboxylic acids is 1. The zero-order valence-corrected chi connectivity index (χ0v) is 11.5. The Morgan fingerprint density at radius 3 is 2.62 bits per heavy atom. The van der Waals surface area contributed by atoms with Crippen molar-refractivity contribution in [2.45, 2.75) is 6.04 Å². The first-order chi connectivity index (χ1) is 10.2. The molecule has 0 bridgehead atoms. The summed E-state index contributed by atoms with van der Waals surface area (Å²) in [4.78, 5) is 12.0. The van der Waals surface area contributed by atoms with E-state index in [1.165, 1.54) is 7.11 Å². The molecule has 0 aromatic heterocycles. The van der Waals surface area contributed by atoms with Crippen LogP contribution in [-0.4, -0.2) is 13.1 Å². The van der Waals surface area contributed by atoms with Crippen molar-refractivity contribution in [3.63, 3.8) is 0 Å². The summed E-state index contributed by atoms with van der Waals surface area (Å²) in [5, 5.41) is 12.0. The third kappa shape index (κ3) is 3.31. The van der Waals surface area contributed by atoms with Gasteiger partial charge in [0.05, 0.1) is 30.1 Å². The molecule has 3 N–H and O–H groups in total. The van der Waals surface area contributed by atoms with Gasteiger partial charge in [0.15, 0.2) is 6.04 Å². The molecule has 0 fully saturated rings. The summed E-state index contributed by atoms with van der Waals surface area (Å²) in [7, 11) is 1.33. The molecule has 0 aliphatic heterocycles. The highest BCUT2D eigenvalue weighted by molar-refractivity contribution is 5.83. The number of hydrogen-bond acceptors (Lipinski definition) is 5. The first-order valence-electron chi connectivity index (χ1n) is 6.34. The van der Waals surface area contributed by atoms with Crippen LogP contribution in [-0.2, 0) is 9.53 Å². The fourth-order valence-corrected chi connectivity index (χ4v) is 1.95.